The van der Waals surface area contributed by atoms with Crippen LogP contribution in [0.3, 0.4) is 0 Å². The number of nitrogens with one attached hydrogen (secondary N) is 1. The number of benzene rings is 2. The van der Waals surface area contributed by atoms with Crippen molar-refractivity contribution >= 4 is 39.2 Å². The summed E-state index contributed by atoms with van der Waals surface area (Å²) >= 11 is 11.8. The van der Waals surface area contributed by atoms with Crippen LogP contribution < -0.4 is 4.72 Å². The Morgan fingerprint density at radius 2 is 1.77 bits per heavy atom. The van der Waals surface area contributed by atoms with Crippen molar-refractivity contribution in [3.63, 3.8) is 0 Å². The van der Waals surface area contributed by atoms with E-state index in [2.05, 4.69) is 4.72 Å². The number of sulfonamides is 1. The Kier molecular flexibility index (Phi) is 7.46. The van der Waals surface area contributed by atoms with Gasteiger partial charge in [-0.3, -0.25) is 4.79 Å². The Labute approximate surface area is 163 Å². The van der Waals surface area contributed by atoms with Crippen LogP contribution in [0.15, 0.2) is 48.5 Å². The van der Waals surface area contributed by atoms with Gasteiger partial charge in [-0.2, -0.15) is 0 Å². The van der Waals surface area contributed by atoms with Gasteiger partial charge in [0, 0.05) is 0 Å². The van der Waals surface area contributed by atoms with E-state index < -0.39 is 22.0 Å². The molecule has 0 spiro atoms. The third-order valence-electron chi connectivity index (χ3n) is 3.52. The van der Waals surface area contributed by atoms with E-state index in [1.807, 2.05) is 30.3 Å². The second kappa shape index (κ2) is 9.37. The Balaban J connectivity index is 2.16. The van der Waals surface area contributed by atoms with Crippen LogP contribution in [0.1, 0.15) is 18.1 Å². The average Bonchev–Trinajstić information content (AvgIpc) is 2.58. The van der Waals surface area contributed by atoms with Gasteiger partial charge < -0.3 is 4.74 Å². The molecule has 1 N–H and O–H groups in total. The van der Waals surface area contributed by atoms with Gasteiger partial charge in [0.2, 0.25) is 10.0 Å². The molecule has 0 heterocycles. The molecule has 0 radical (unpaired) electrons. The van der Waals surface area contributed by atoms with Crippen molar-refractivity contribution in [3.8, 4) is 0 Å². The average molecular weight is 416 g/mol. The molecule has 0 amide bonds. The van der Waals surface area contributed by atoms with Crippen LogP contribution in [0.25, 0.3) is 0 Å². The van der Waals surface area contributed by atoms with Crippen molar-refractivity contribution in [2.45, 2.75) is 25.1 Å². The van der Waals surface area contributed by atoms with E-state index in [4.69, 9.17) is 27.9 Å². The normalized spacial score (nSPS) is 12.6. The van der Waals surface area contributed by atoms with E-state index in [1.54, 1.807) is 13.0 Å². The first kappa shape index (κ1) is 20.7. The number of carbonyl (C=O) groups excluding carboxylic acids is 1. The van der Waals surface area contributed by atoms with Crippen LogP contribution in [0.2, 0.25) is 10.0 Å². The highest BCUT2D eigenvalue weighted by Crippen LogP contribution is 2.23. The highest BCUT2D eigenvalue weighted by Gasteiger charge is 2.26. The molecule has 2 aromatic carbocycles. The molecule has 0 saturated heterocycles. The summed E-state index contributed by atoms with van der Waals surface area (Å²) in [6, 6.07) is 12.7. The molecule has 2 rings (SSSR count). The lowest BCUT2D eigenvalue weighted by Crippen LogP contribution is -2.43. The fraction of sp³-hybridized carbons (Fsp3) is 0.278. The van der Waals surface area contributed by atoms with Gasteiger partial charge in [0.25, 0.3) is 0 Å². The molecule has 0 aromatic heterocycles. The SMILES string of the molecule is CCOC(=O)C(Cc1ccccc1)NS(=O)(=O)Cc1ccc(Cl)c(Cl)c1. The molecule has 0 fully saturated rings. The van der Waals surface area contributed by atoms with Gasteiger partial charge in [0.1, 0.15) is 6.04 Å². The summed E-state index contributed by atoms with van der Waals surface area (Å²) in [5.74, 6) is -0.941. The summed E-state index contributed by atoms with van der Waals surface area (Å²) in [6.07, 6.45) is 0.195. The van der Waals surface area contributed by atoms with Crippen molar-refractivity contribution in [1.29, 1.82) is 0 Å². The summed E-state index contributed by atoms with van der Waals surface area (Å²) in [4.78, 5) is 12.2. The minimum atomic E-state index is -3.80. The molecule has 0 aliphatic carbocycles. The van der Waals surface area contributed by atoms with E-state index in [0.717, 1.165) is 5.56 Å². The van der Waals surface area contributed by atoms with Gasteiger partial charge in [-0.05, 0) is 36.6 Å². The first-order valence-electron chi connectivity index (χ1n) is 7.95. The number of rotatable bonds is 8. The van der Waals surface area contributed by atoms with Gasteiger partial charge in [-0.15, -0.1) is 0 Å². The molecule has 0 bridgehead atoms. The zero-order chi connectivity index (χ0) is 19.2. The Morgan fingerprint density at radius 3 is 2.38 bits per heavy atom. The number of hydrogen-bond acceptors (Lipinski definition) is 4. The van der Waals surface area contributed by atoms with Crippen LogP contribution in [-0.2, 0) is 31.7 Å². The maximum absolute atomic E-state index is 12.5. The van der Waals surface area contributed by atoms with Crippen LogP contribution in [0.4, 0.5) is 0 Å². The molecule has 2 aromatic rings. The molecule has 26 heavy (non-hydrogen) atoms. The summed E-state index contributed by atoms with van der Waals surface area (Å²) in [5, 5.41) is 0.611. The molecule has 8 heteroatoms. The van der Waals surface area contributed by atoms with Gasteiger partial charge in [0.05, 0.1) is 22.4 Å². The number of halogens is 2. The quantitative estimate of drug-likeness (QED) is 0.668. The van der Waals surface area contributed by atoms with Crippen molar-refractivity contribution in [2.24, 2.45) is 0 Å². The van der Waals surface area contributed by atoms with Crippen LogP contribution in [0.5, 0.6) is 0 Å². The smallest absolute Gasteiger partial charge is 0.324 e. The first-order valence-corrected chi connectivity index (χ1v) is 10.4. The lowest BCUT2D eigenvalue weighted by molar-refractivity contribution is -0.145. The highest BCUT2D eigenvalue weighted by atomic mass is 35.5. The van der Waals surface area contributed by atoms with Gasteiger partial charge >= 0.3 is 5.97 Å². The maximum atomic E-state index is 12.5. The monoisotopic (exact) mass is 415 g/mol. The van der Waals surface area contributed by atoms with Crippen molar-refractivity contribution in [2.75, 3.05) is 6.61 Å². The maximum Gasteiger partial charge on any atom is 0.324 e. The summed E-state index contributed by atoms with van der Waals surface area (Å²) in [6.45, 7) is 1.83. The number of hydrogen-bond donors (Lipinski definition) is 1. The third-order valence-corrected chi connectivity index (χ3v) is 5.61. The van der Waals surface area contributed by atoms with Crippen LogP contribution >= 0.6 is 23.2 Å². The van der Waals surface area contributed by atoms with E-state index in [-0.39, 0.29) is 23.8 Å². The van der Waals surface area contributed by atoms with E-state index in [0.29, 0.717) is 10.6 Å². The van der Waals surface area contributed by atoms with E-state index in [9.17, 15) is 13.2 Å². The lowest BCUT2D eigenvalue weighted by Gasteiger charge is -2.17. The fourth-order valence-electron chi connectivity index (χ4n) is 2.37. The third kappa shape index (κ3) is 6.29. The van der Waals surface area contributed by atoms with Gasteiger partial charge in [-0.1, -0.05) is 59.6 Å². The molecule has 5 nitrogen and oxygen atoms in total. The number of carbonyl (C=O) groups is 1. The first-order chi connectivity index (χ1) is 12.3. The Hall–Kier alpha value is -1.60. The van der Waals surface area contributed by atoms with Crippen molar-refractivity contribution in [1.82, 2.24) is 4.72 Å². The highest BCUT2D eigenvalue weighted by molar-refractivity contribution is 7.88. The number of ether oxygens (including phenoxy) is 1. The van der Waals surface area contributed by atoms with Crippen molar-refractivity contribution < 1.29 is 17.9 Å². The van der Waals surface area contributed by atoms with Crippen LogP contribution in [0, 0.1) is 0 Å². The van der Waals surface area contributed by atoms with Gasteiger partial charge in [0.15, 0.2) is 0 Å². The molecule has 0 saturated carbocycles. The Morgan fingerprint density at radius 1 is 1.08 bits per heavy atom. The molecular formula is C18H19Cl2NO4S. The standard InChI is InChI=1S/C18H19Cl2NO4S/c1-2-25-18(22)17(11-13-6-4-3-5-7-13)21-26(23,24)12-14-8-9-15(19)16(20)10-14/h3-10,17,21H,2,11-12H2,1H3. The summed E-state index contributed by atoms with van der Waals surface area (Å²) in [7, 11) is -3.80. The minimum absolute atomic E-state index is 0.165. The zero-order valence-electron chi connectivity index (χ0n) is 14.1. The summed E-state index contributed by atoms with van der Waals surface area (Å²) in [5.41, 5.74) is 1.29. The second-order valence-corrected chi connectivity index (χ2v) is 8.19. The lowest BCUT2D eigenvalue weighted by atomic mass is 10.1. The second-order valence-electron chi connectivity index (χ2n) is 5.62. The number of esters is 1. The predicted octanol–water partition coefficient (Wildman–Crippen LogP) is 3.59. The zero-order valence-corrected chi connectivity index (χ0v) is 16.4. The van der Waals surface area contributed by atoms with Gasteiger partial charge in [-0.25, -0.2) is 13.1 Å². The van der Waals surface area contributed by atoms with Crippen molar-refractivity contribution in [3.05, 3.63) is 69.7 Å². The fourth-order valence-corrected chi connectivity index (χ4v) is 4.01. The summed E-state index contributed by atoms with van der Waals surface area (Å²) < 4.78 is 32.5. The largest absolute Gasteiger partial charge is 0.465 e. The molecular weight excluding hydrogens is 397 g/mol. The Bertz CT molecular complexity index is 857. The molecule has 1 unspecified atom stereocenters. The molecule has 0 aliphatic heterocycles. The predicted molar refractivity (Wildman–Crippen MR) is 103 cm³/mol. The molecule has 140 valence electrons. The molecule has 1 atom stereocenters. The minimum Gasteiger partial charge on any atom is -0.465 e. The van der Waals surface area contributed by atoms with E-state index in [1.165, 1.54) is 12.1 Å². The van der Waals surface area contributed by atoms with E-state index >= 15 is 0 Å². The van der Waals surface area contributed by atoms with Crippen LogP contribution in [-0.4, -0.2) is 27.0 Å². The topological polar surface area (TPSA) is 72.5 Å². The molecule has 0 aliphatic rings.